The maximum Gasteiger partial charge on any atom is 0.237 e. The van der Waals surface area contributed by atoms with Crippen LogP contribution in [0, 0.1) is 5.82 Å². The normalized spacial score (nSPS) is 11.9. The van der Waals surface area contributed by atoms with Crippen molar-refractivity contribution in [3.8, 4) is 22.6 Å². The molecule has 31 heavy (non-hydrogen) atoms. The molecule has 1 N–H and O–H groups in total. The van der Waals surface area contributed by atoms with Gasteiger partial charge >= 0.3 is 0 Å². The third-order valence-corrected chi connectivity index (χ3v) is 5.04. The molecule has 8 nitrogen and oxygen atoms in total. The minimum absolute atomic E-state index is 0.0377. The summed E-state index contributed by atoms with van der Waals surface area (Å²) in [6.07, 6.45) is 4.41. The van der Waals surface area contributed by atoms with Gasteiger partial charge < -0.3 is 4.90 Å². The molecule has 0 bridgehead atoms. The number of hydrogen-bond acceptors (Lipinski definition) is 6. The Balaban J connectivity index is 1.92. The molecule has 0 spiro atoms. The van der Waals surface area contributed by atoms with Crippen LogP contribution in [-0.4, -0.2) is 53.0 Å². The molecule has 0 radical (unpaired) electrons. The van der Waals surface area contributed by atoms with Gasteiger partial charge in [0.05, 0.1) is 23.3 Å². The highest BCUT2D eigenvalue weighted by Crippen LogP contribution is 2.32. The van der Waals surface area contributed by atoms with Gasteiger partial charge in [-0.2, -0.15) is 0 Å². The van der Waals surface area contributed by atoms with Crippen LogP contribution in [0.4, 0.5) is 10.3 Å². The van der Waals surface area contributed by atoms with Crippen molar-refractivity contribution in [2.24, 2.45) is 0 Å². The number of halogens is 1. The first-order valence-electron chi connectivity index (χ1n) is 9.42. The molecular weight excluding hydrogens is 419 g/mol. The first-order valence-corrected chi connectivity index (χ1v) is 11.3. The standard InChI is InChI=1S/C21H21FN6O2S/c1-27(2)13-14-9-11-28-18(12-14)25-19(15-4-6-16(22)7-5-15)20(28)17-8-10-23-21(24-17)26-31(3,29)30/h4-12H,13H2,1-3H3,(H,23,24,26). The lowest BCUT2D eigenvalue weighted by Crippen LogP contribution is -2.12. The van der Waals surface area contributed by atoms with Crippen LogP contribution < -0.4 is 4.72 Å². The maximum atomic E-state index is 13.5. The fourth-order valence-corrected chi connectivity index (χ4v) is 3.74. The van der Waals surface area contributed by atoms with E-state index in [1.54, 1.807) is 18.2 Å². The predicted octanol–water partition coefficient (Wildman–Crippen LogP) is 3.03. The lowest BCUT2D eigenvalue weighted by Gasteiger charge is -2.10. The average molecular weight is 441 g/mol. The van der Waals surface area contributed by atoms with Gasteiger partial charge in [0.2, 0.25) is 16.0 Å². The Morgan fingerprint density at radius 3 is 2.52 bits per heavy atom. The van der Waals surface area contributed by atoms with E-state index in [1.807, 2.05) is 36.8 Å². The van der Waals surface area contributed by atoms with E-state index >= 15 is 0 Å². The van der Waals surface area contributed by atoms with Crippen LogP contribution in [0.15, 0.2) is 54.9 Å². The quantitative estimate of drug-likeness (QED) is 0.496. The topological polar surface area (TPSA) is 92.5 Å². The third kappa shape index (κ3) is 4.70. The summed E-state index contributed by atoms with van der Waals surface area (Å²) in [4.78, 5) is 15.2. The Hall–Kier alpha value is -3.37. The molecule has 0 fully saturated rings. The van der Waals surface area contributed by atoms with Gasteiger partial charge in [0.1, 0.15) is 11.5 Å². The van der Waals surface area contributed by atoms with E-state index in [0.717, 1.165) is 18.4 Å². The third-order valence-electron chi connectivity index (χ3n) is 4.48. The van der Waals surface area contributed by atoms with E-state index in [1.165, 1.54) is 18.3 Å². The summed E-state index contributed by atoms with van der Waals surface area (Å²) in [5.74, 6) is -0.381. The van der Waals surface area contributed by atoms with E-state index in [4.69, 9.17) is 4.98 Å². The summed E-state index contributed by atoms with van der Waals surface area (Å²) in [5.41, 5.74) is 4.23. The molecule has 0 saturated carbocycles. The number of anilines is 1. The number of pyridine rings is 1. The molecule has 3 aromatic heterocycles. The van der Waals surface area contributed by atoms with E-state index < -0.39 is 10.0 Å². The van der Waals surface area contributed by atoms with Gasteiger partial charge in [-0.3, -0.25) is 9.12 Å². The molecule has 0 aliphatic carbocycles. The molecule has 0 amide bonds. The maximum absolute atomic E-state index is 13.5. The van der Waals surface area contributed by atoms with Crippen LogP contribution in [0.2, 0.25) is 0 Å². The van der Waals surface area contributed by atoms with Crippen molar-refractivity contribution in [3.05, 3.63) is 66.2 Å². The van der Waals surface area contributed by atoms with Crippen LogP contribution in [0.5, 0.6) is 0 Å². The summed E-state index contributed by atoms with van der Waals surface area (Å²) < 4.78 is 40.9. The van der Waals surface area contributed by atoms with E-state index in [0.29, 0.717) is 28.3 Å². The van der Waals surface area contributed by atoms with E-state index in [2.05, 4.69) is 19.6 Å². The SMILES string of the molecule is CN(C)Cc1ccn2c(-c3ccnc(NS(C)(=O)=O)n3)c(-c3ccc(F)cc3)nc2c1. The number of rotatable bonds is 6. The second-order valence-electron chi connectivity index (χ2n) is 7.46. The highest BCUT2D eigenvalue weighted by atomic mass is 32.2. The molecule has 0 saturated heterocycles. The van der Waals surface area contributed by atoms with Crippen molar-refractivity contribution in [2.45, 2.75) is 6.54 Å². The van der Waals surface area contributed by atoms with Gasteiger partial charge in [-0.05, 0) is 62.1 Å². The number of benzene rings is 1. The van der Waals surface area contributed by atoms with Crippen molar-refractivity contribution in [2.75, 3.05) is 25.1 Å². The zero-order valence-corrected chi connectivity index (χ0v) is 18.1. The Morgan fingerprint density at radius 2 is 1.84 bits per heavy atom. The molecule has 10 heteroatoms. The largest absolute Gasteiger partial charge is 0.305 e. The van der Waals surface area contributed by atoms with Crippen molar-refractivity contribution in [3.63, 3.8) is 0 Å². The molecule has 4 rings (SSSR count). The van der Waals surface area contributed by atoms with Crippen LogP contribution in [-0.2, 0) is 16.6 Å². The summed E-state index contributed by atoms with van der Waals surface area (Å²) in [5, 5.41) is 0. The molecule has 0 unspecified atom stereocenters. The summed E-state index contributed by atoms with van der Waals surface area (Å²) in [7, 11) is 0.444. The zero-order valence-electron chi connectivity index (χ0n) is 17.2. The number of hydrogen-bond donors (Lipinski definition) is 1. The predicted molar refractivity (Wildman–Crippen MR) is 117 cm³/mol. The molecule has 160 valence electrons. The second-order valence-corrected chi connectivity index (χ2v) is 9.21. The number of nitrogens with one attached hydrogen (secondary N) is 1. The van der Waals surface area contributed by atoms with Crippen LogP contribution in [0.1, 0.15) is 5.56 Å². The number of sulfonamides is 1. The molecule has 0 aliphatic rings. The van der Waals surface area contributed by atoms with Crippen molar-refractivity contribution in [1.29, 1.82) is 0 Å². The lowest BCUT2D eigenvalue weighted by molar-refractivity contribution is 0.402. The van der Waals surface area contributed by atoms with Crippen molar-refractivity contribution in [1.82, 2.24) is 24.3 Å². The van der Waals surface area contributed by atoms with Crippen LogP contribution in [0.25, 0.3) is 28.3 Å². The average Bonchev–Trinajstić information content (AvgIpc) is 3.05. The molecule has 0 aliphatic heterocycles. The van der Waals surface area contributed by atoms with Crippen LogP contribution >= 0.6 is 0 Å². The Labute approximate surface area is 179 Å². The van der Waals surface area contributed by atoms with Gasteiger partial charge in [0, 0.05) is 24.5 Å². The van der Waals surface area contributed by atoms with E-state index in [-0.39, 0.29) is 11.8 Å². The summed E-state index contributed by atoms with van der Waals surface area (Å²) in [6.45, 7) is 0.751. The number of nitrogens with zero attached hydrogens (tertiary/aromatic N) is 5. The van der Waals surface area contributed by atoms with Gasteiger partial charge in [-0.1, -0.05) is 0 Å². The highest BCUT2D eigenvalue weighted by Gasteiger charge is 2.19. The summed E-state index contributed by atoms with van der Waals surface area (Å²) >= 11 is 0. The Morgan fingerprint density at radius 1 is 1.10 bits per heavy atom. The molecule has 3 heterocycles. The first-order chi connectivity index (χ1) is 14.7. The monoisotopic (exact) mass is 440 g/mol. The van der Waals surface area contributed by atoms with E-state index in [9.17, 15) is 12.8 Å². The van der Waals surface area contributed by atoms with Gasteiger partial charge in [0.15, 0.2) is 0 Å². The lowest BCUT2D eigenvalue weighted by atomic mass is 10.1. The van der Waals surface area contributed by atoms with Gasteiger partial charge in [-0.15, -0.1) is 0 Å². The zero-order chi connectivity index (χ0) is 22.2. The Bertz CT molecular complexity index is 1350. The number of aromatic nitrogens is 4. The minimum Gasteiger partial charge on any atom is -0.305 e. The van der Waals surface area contributed by atoms with Gasteiger partial charge in [0.25, 0.3) is 0 Å². The molecular formula is C21H21FN6O2S. The number of imidazole rings is 1. The highest BCUT2D eigenvalue weighted by molar-refractivity contribution is 7.91. The van der Waals surface area contributed by atoms with Crippen molar-refractivity contribution < 1.29 is 12.8 Å². The first kappa shape index (κ1) is 20.9. The van der Waals surface area contributed by atoms with Crippen molar-refractivity contribution >= 4 is 21.6 Å². The van der Waals surface area contributed by atoms with Gasteiger partial charge in [-0.25, -0.2) is 27.8 Å². The smallest absolute Gasteiger partial charge is 0.237 e. The minimum atomic E-state index is -3.53. The molecule has 1 aromatic carbocycles. The summed E-state index contributed by atoms with van der Waals surface area (Å²) in [6, 6.07) is 11.7. The molecule has 4 aromatic rings. The molecule has 0 atom stereocenters. The fourth-order valence-electron chi connectivity index (χ4n) is 3.31. The Kier molecular flexibility index (Phi) is 5.42. The van der Waals surface area contributed by atoms with Crippen LogP contribution in [0.3, 0.4) is 0 Å². The number of fused-ring (bicyclic) bond motifs is 1. The fraction of sp³-hybridized carbons (Fsp3) is 0.190. The second kappa shape index (κ2) is 8.05.